The lowest BCUT2D eigenvalue weighted by Gasteiger charge is -2.19. The van der Waals surface area contributed by atoms with Gasteiger partial charge in [0.2, 0.25) is 5.91 Å². The third-order valence-electron chi connectivity index (χ3n) is 2.91. The molecule has 0 heterocycles. The Hall–Kier alpha value is -2.57. The molecule has 2 amide bonds. The lowest BCUT2D eigenvalue weighted by molar-refractivity contribution is -0.145. The van der Waals surface area contributed by atoms with Crippen LogP contribution >= 0.6 is 0 Å². The van der Waals surface area contributed by atoms with E-state index in [0.717, 1.165) is 5.56 Å². The Morgan fingerprint density at radius 2 is 1.72 bits per heavy atom. The number of nitrogens with one attached hydrogen (secondary N) is 2. The molecule has 138 valence electrons. The third-order valence-corrected chi connectivity index (χ3v) is 2.91. The van der Waals surface area contributed by atoms with Crippen LogP contribution in [0.1, 0.15) is 39.2 Å². The van der Waals surface area contributed by atoms with Crippen LogP contribution in [0.25, 0.3) is 0 Å². The second-order valence-corrected chi connectivity index (χ2v) is 6.46. The number of ether oxygens (including phenoxy) is 2. The first kappa shape index (κ1) is 20.5. The largest absolute Gasteiger partial charge is 0.461 e. The van der Waals surface area contributed by atoms with Gasteiger partial charge in [0.15, 0.2) is 0 Å². The number of esters is 1. The molecule has 7 nitrogen and oxygen atoms in total. The Kier molecular flexibility index (Phi) is 8.46. The van der Waals surface area contributed by atoms with Gasteiger partial charge in [0.25, 0.3) is 0 Å². The van der Waals surface area contributed by atoms with Crippen LogP contribution in [-0.4, -0.2) is 36.7 Å². The number of hydrogen-bond acceptors (Lipinski definition) is 5. The number of carbonyl (C=O) groups excluding carboxylic acids is 3. The summed E-state index contributed by atoms with van der Waals surface area (Å²) in [7, 11) is 0. The molecule has 0 atom stereocenters. The quantitative estimate of drug-likeness (QED) is 0.553. The summed E-state index contributed by atoms with van der Waals surface area (Å²) >= 11 is 0. The second kappa shape index (κ2) is 10.3. The van der Waals surface area contributed by atoms with E-state index in [0.29, 0.717) is 13.0 Å². The van der Waals surface area contributed by atoms with E-state index in [1.54, 1.807) is 20.8 Å². The fourth-order valence-corrected chi connectivity index (χ4v) is 1.80. The first-order valence-corrected chi connectivity index (χ1v) is 8.19. The molecule has 0 aliphatic rings. The molecule has 0 unspecified atom stereocenters. The molecule has 25 heavy (non-hydrogen) atoms. The molecule has 1 rings (SSSR count). The zero-order valence-corrected chi connectivity index (χ0v) is 15.0. The van der Waals surface area contributed by atoms with Crippen LogP contribution in [0.2, 0.25) is 0 Å². The smallest absolute Gasteiger partial charge is 0.408 e. The van der Waals surface area contributed by atoms with Crippen molar-refractivity contribution >= 4 is 18.0 Å². The second-order valence-electron chi connectivity index (χ2n) is 6.46. The van der Waals surface area contributed by atoms with E-state index in [4.69, 9.17) is 9.47 Å². The summed E-state index contributed by atoms with van der Waals surface area (Å²) in [4.78, 5) is 34.6. The summed E-state index contributed by atoms with van der Waals surface area (Å²) < 4.78 is 10.2. The highest BCUT2D eigenvalue weighted by molar-refractivity contribution is 5.82. The van der Waals surface area contributed by atoms with Crippen LogP contribution in [-0.2, 0) is 25.7 Å². The van der Waals surface area contributed by atoms with Crippen LogP contribution in [0, 0.1) is 0 Å². The molecule has 0 saturated heterocycles. The van der Waals surface area contributed by atoms with Crippen LogP contribution < -0.4 is 10.6 Å². The maximum Gasteiger partial charge on any atom is 0.408 e. The Balaban J connectivity index is 2.07. The van der Waals surface area contributed by atoms with Gasteiger partial charge in [0.05, 0.1) is 6.54 Å². The van der Waals surface area contributed by atoms with Crippen molar-refractivity contribution in [3.8, 4) is 0 Å². The molecular weight excluding hydrogens is 324 g/mol. The summed E-state index contributed by atoms with van der Waals surface area (Å²) in [5.74, 6) is -0.659. The monoisotopic (exact) mass is 350 g/mol. The van der Waals surface area contributed by atoms with Gasteiger partial charge < -0.3 is 20.1 Å². The molecule has 0 radical (unpaired) electrons. The van der Waals surface area contributed by atoms with E-state index in [-0.39, 0.29) is 31.4 Å². The average Bonchev–Trinajstić information content (AvgIpc) is 2.54. The topological polar surface area (TPSA) is 93.7 Å². The fourth-order valence-electron chi connectivity index (χ4n) is 1.80. The highest BCUT2D eigenvalue weighted by atomic mass is 16.6. The van der Waals surface area contributed by atoms with E-state index < -0.39 is 11.7 Å². The molecule has 0 aliphatic carbocycles. The van der Waals surface area contributed by atoms with Crippen LogP contribution in [0.15, 0.2) is 30.3 Å². The van der Waals surface area contributed by atoms with E-state index >= 15 is 0 Å². The van der Waals surface area contributed by atoms with Gasteiger partial charge in [-0.2, -0.15) is 0 Å². The van der Waals surface area contributed by atoms with Crippen molar-refractivity contribution in [1.29, 1.82) is 0 Å². The molecule has 0 aliphatic heterocycles. The summed E-state index contributed by atoms with van der Waals surface area (Å²) in [6.07, 6.45) is 0.0328. The molecule has 1 aromatic carbocycles. The van der Waals surface area contributed by atoms with Gasteiger partial charge in [0.1, 0.15) is 12.2 Å². The Morgan fingerprint density at radius 3 is 2.36 bits per heavy atom. The molecule has 7 heteroatoms. The summed E-state index contributed by atoms with van der Waals surface area (Å²) in [5.41, 5.74) is 0.318. The van der Waals surface area contributed by atoms with Gasteiger partial charge in [-0.15, -0.1) is 0 Å². The summed E-state index contributed by atoms with van der Waals surface area (Å²) in [5, 5.41) is 4.98. The van der Waals surface area contributed by atoms with E-state index in [1.165, 1.54) is 0 Å². The molecule has 0 saturated carbocycles. The molecule has 2 N–H and O–H groups in total. The van der Waals surface area contributed by atoms with Gasteiger partial charge in [-0.1, -0.05) is 30.3 Å². The molecule has 0 fully saturated rings. The van der Waals surface area contributed by atoms with Crippen molar-refractivity contribution in [3.05, 3.63) is 35.9 Å². The number of amides is 2. The van der Waals surface area contributed by atoms with Crippen LogP contribution in [0.3, 0.4) is 0 Å². The molecule has 0 spiro atoms. The van der Waals surface area contributed by atoms with Crippen molar-refractivity contribution in [1.82, 2.24) is 10.6 Å². The zero-order valence-electron chi connectivity index (χ0n) is 15.0. The molecule has 0 bridgehead atoms. The fraction of sp³-hybridized carbons (Fsp3) is 0.500. The standard InChI is InChI=1S/C18H26N2O5/c1-18(2,3)25-17(23)20-12-15(21)19-11-7-10-16(22)24-13-14-8-5-4-6-9-14/h4-6,8-9H,7,10-13H2,1-3H3,(H,19,21)(H,20,23). The maximum absolute atomic E-state index is 11.6. The number of rotatable bonds is 8. The molecular formula is C18H26N2O5. The number of alkyl carbamates (subject to hydrolysis) is 1. The first-order chi connectivity index (χ1) is 11.8. The van der Waals surface area contributed by atoms with Gasteiger partial charge >= 0.3 is 12.1 Å². The minimum Gasteiger partial charge on any atom is -0.461 e. The average molecular weight is 350 g/mol. The Morgan fingerprint density at radius 1 is 1.04 bits per heavy atom. The predicted octanol–water partition coefficient (Wildman–Crippen LogP) is 2.15. The SMILES string of the molecule is CC(C)(C)OC(=O)NCC(=O)NCCCC(=O)OCc1ccccc1. The normalized spacial score (nSPS) is 10.7. The summed E-state index contributed by atoms with van der Waals surface area (Å²) in [6.45, 7) is 5.62. The van der Waals surface area contributed by atoms with E-state index in [9.17, 15) is 14.4 Å². The number of benzene rings is 1. The third kappa shape index (κ3) is 10.8. The zero-order chi connectivity index (χ0) is 18.7. The first-order valence-electron chi connectivity index (χ1n) is 8.19. The Labute approximate surface area is 148 Å². The van der Waals surface area contributed by atoms with Crippen molar-refractivity contribution in [2.24, 2.45) is 0 Å². The Bertz CT molecular complexity index is 567. The van der Waals surface area contributed by atoms with E-state index in [1.807, 2.05) is 30.3 Å². The van der Waals surface area contributed by atoms with Gasteiger partial charge in [-0.25, -0.2) is 4.79 Å². The highest BCUT2D eigenvalue weighted by Crippen LogP contribution is 2.06. The van der Waals surface area contributed by atoms with Gasteiger partial charge in [0, 0.05) is 13.0 Å². The van der Waals surface area contributed by atoms with Crippen molar-refractivity contribution in [3.63, 3.8) is 0 Å². The van der Waals surface area contributed by atoms with Gasteiger partial charge in [-0.05, 0) is 32.8 Å². The minimum absolute atomic E-state index is 0.173. The summed E-state index contributed by atoms with van der Waals surface area (Å²) in [6, 6.07) is 9.41. The minimum atomic E-state index is -0.646. The number of carbonyl (C=O) groups is 3. The van der Waals surface area contributed by atoms with Crippen LogP contribution in [0.5, 0.6) is 0 Å². The van der Waals surface area contributed by atoms with Crippen molar-refractivity contribution in [2.45, 2.75) is 45.8 Å². The van der Waals surface area contributed by atoms with Crippen LogP contribution in [0.4, 0.5) is 4.79 Å². The number of hydrogen-bond donors (Lipinski definition) is 2. The highest BCUT2D eigenvalue weighted by Gasteiger charge is 2.16. The lowest BCUT2D eigenvalue weighted by atomic mass is 10.2. The van der Waals surface area contributed by atoms with E-state index in [2.05, 4.69) is 10.6 Å². The molecule has 0 aromatic heterocycles. The van der Waals surface area contributed by atoms with Gasteiger partial charge in [-0.3, -0.25) is 9.59 Å². The predicted molar refractivity (Wildman–Crippen MR) is 92.7 cm³/mol. The van der Waals surface area contributed by atoms with Crippen molar-refractivity contribution in [2.75, 3.05) is 13.1 Å². The lowest BCUT2D eigenvalue weighted by Crippen LogP contribution is -2.40. The maximum atomic E-state index is 11.6. The molecule has 1 aromatic rings. The van der Waals surface area contributed by atoms with Crippen molar-refractivity contribution < 1.29 is 23.9 Å².